The average Bonchev–Trinajstić information content (AvgIpc) is 3.21. The number of carbonyl (C=O) groups excluding carboxylic acids is 1. The van der Waals surface area contributed by atoms with E-state index in [-0.39, 0.29) is 5.91 Å². The number of carbonyl (C=O) groups is 1. The molecule has 0 fully saturated rings. The molecule has 0 atom stereocenters. The number of nitrogens with zero attached hydrogens (tertiary/aromatic N) is 3. The van der Waals surface area contributed by atoms with Gasteiger partial charge in [0.2, 0.25) is 5.91 Å². The Morgan fingerprint density at radius 3 is 2.83 bits per heavy atom. The van der Waals surface area contributed by atoms with Crippen molar-refractivity contribution in [3.63, 3.8) is 0 Å². The molecule has 3 rings (SSSR count). The van der Waals surface area contributed by atoms with Crippen molar-refractivity contribution < 1.29 is 4.79 Å². The zero-order valence-electron chi connectivity index (χ0n) is 12.7. The minimum atomic E-state index is -0.0180. The van der Waals surface area contributed by atoms with E-state index < -0.39 is 0 Å². The summed E-state index contributed by atoms with van der Waals surface area (Å²) >= 11 is 1.59. The van der Waals surface area contributed by atoms with Gasteiger partial charge in [-0.15, -0.1) is 11.3 Å². The smallest absolute Gasteiger partial charge is 0.220 e. The third-order valence-electron chi connectivity index (χ3n) is 3.25. The van der Waals surface area contributed by atoms with Crippen LogP contribution in [0.4, 0.5) is 0 Å². The highest BCUT2D eigenvalue weighted by Gasteiger charge is 2.08. The van der Waals surface area contributed by atoms with E-state index in [0.717, 1.165) is 16.3 Å². The van der Waals surface area contributed by atoms with Gasteiger partial charge in [0.15, 0.2) is 5.82 Å². The largest absolute Gasteiger partial charge is 0.349 e. The molecule has 0 saturated heterocycles. The van der Waals surface area contributed by atoms with Gasteiger partial charge >= 0.3 is 0 Å². The van der Waals surface area contributed by atoms with E-state index in [1.807, 2.05) is 42.6 Å². The molecule has 3 aromatic rings. The summed E-state index contributed by atoms with van der Waals surface area (Å²) in [5.74, 6) is 1.26. The summed E-state index contributed by atoms with van der Waals surface area (Å²) in [5, 5.41) is 12.8. The van der Waals surface area contributed by atoms with Crippen molar-refractivity contribution in [2.45, 2.75) is 26.3 Å². The standard InChI is InChI=1S/C16H17N5OS/c1-11-10-23-15(18-11)8-7-14(22)17-9-13-19-16(21-20-13)12-5-3-2-4-6-12/h2-6,10H,7-9H2,1H3,(H,17,22)(H,19,20,21). The number of nitrogens with one attached hydrogen (secondary N) is 2. The van der Waals surface area contributed by atoms with Gasteiger partial charge in [0, 0.05) is 29.5 Å². The maximum Gasteiger partial charge on any atom is 0.220 e. The van der Waals surface area contributed by atoms with E-state index in [1.54, 1.807) is 11.3 Å². The molecule has 2 heterocycles. The van der Waals surface area contributed by atoms with Crippen molar-refractivity contribution in [3.8, 4) is 11.4 Å². The molecule has 6 nitrogen and oxygen atoms in total. The molecule has 2 N–H and O–H groups in total. The number of aryl methyl sites for hydroxylation is 2. The molecule has 1 amide bonds. The first kappa shape index (κ1) is 15.4. The topological polar surface area (TPSA) is 83.6 Å². The van der Waals surface area contributed by atoms with Gasteiger partial charge in [-0.05, 0) is 6.92 Å². The monoisotopic (exact) mass is 327 g/mol. The minimum Gasteiger partial charge on any atom is -0.349 e. The quantitative estimate of drug-likeness (QED) is 0.728. The molecule has 23 heavy (non-hydrogen) atoms. The zero-order valence-corrected chi connectivity index (χ0v) is 13.6. The first-order valence-corrected chi connectivity index (χ1v) is 8.23. The average molecular weight is 327 g/mol. The fraction of sp³-hybridized carbons (Fsp3) is 0.250. The summed E-state index contributed by atoms with van der Waals surface area (Å²) in [6, 6.07) is 9.71. The number of benzene rings is 1. The fourth-order valence-corrected chi connectivity index (χ4v) is 2.88. The third kappa shape index (κ3) is 4.23. The summed E-state index contributed by atoms with van der Waals surface area (Å²) in [7, 11) is 0. The number of aromatic amines is 1. The van der Waals surface area contributed by atoms with Gasteiger partial charge < -0.3 is 5.32 Å². The van der Waals surface area contributed by atoms with Crippen LogP contribution in [-0.4, -0.2) is 26.1 Å². The van der Waals surface area contributed by atoms with E-state index >= 15 is 0 Å². The molecule has 1 aromatic carbocycles. The molecule has 0 radical (unpaired) electrons. The molecule has 7 heteroatoms. The van der Waals surface area contributed by atoms with Crippen LogP contribution in [0.2, 0.25) is 0 Å². The van der Waals surface area contributed by atoms with Gasteiger partial charge in [-0.3, -0.25) is 9.89 Å². The van der Waals surface area contributed by atoms with Gasteiger partial charge in [-0.2, -0.15) is 5.10 Å². The van der Waals surface area contributed by atoms with Crippen molar-refractivity contribution in [2.75, 3.05) is 0 Å². The molecular formula is C16H17N5OS. The van der Waals surface area contributed by atoms with E-state index in [0.29, 0.717) is 31.0 Å². The number of aromatic nitrogens is 4. The Hall–Kier alpha value is -2.54. The Morgan fingerprint density at radius 2 is 2.09 bits per heavy atom. The van der Waals surface area contributed by atoms with Crippen LogP contribution >= 0.6 is 11.3 Å². The Balaban J connectivity index is 1.48. The number of rotatable bonds is 6. The van der Waals surface area contributed by atoms with Crippen LogP contribution in [0.25, 0.3) is 11.4 Å². The number of thiazole rings is 1. The van der Waals surface area contributed by atoms with Crippen LogP contribution in [0.1, 0.15) is 22.9 Å². The third-order valence-corrected chi connectivity index (χ3v) is 4.28. The predicted molar refractivity (Wildman–Crippen MR) is 88.8 cm³/mol. The van der Waals surface area contributed by atoms with Crippen molar-refractivity contribution in [1.29, 1.82) is 0 Å². The van der Waals surface area contributed by atoms with Crippen LogP contribution in [0.3, 0.4) is 0 Å². The van der Waals surface area contributed by atoms with Crippen LogP contribution in [0, 0.1) is 6.92 Å². The summed E-state index contributed by atoms with van der Waals surface area (Å²) in [4.78, 5) is 20.6. The van der Waals surface area contributed by atoms with Gasteiger partial charge in [-0.1, -0.05) is 30.3 Å². The molecule has 118 valence electrons. The van der Waals surface area contributed by atoms with Gasteiger partial charge in [-0.25, -0.2) is 9.97 Å². The van der Waals surface area contributed by atoms with Crippen LogP contribution < -0.4 is 5.32 Å². The minimum absolute atomic E-state index is 0.0180. The SMILES string of the molecule is Cc1csc(CCC(=O)NCc2nc(-c3ccccc3)n[nH]2)n1. The number of hydrogen-bond donors (Lipinski definition) is 2. The van der Waals surface area contributed by atoms with E-state index in [9.17, 15) is 4.79 Å². The van der Waals surface area contributed by atoms with E-state index in [2.05, 4.69) is 25.5 Å². The van der Waals surface area contributed by atoms with Crippen LogP contribution in [0.15, 0.2) is 35.7 Å². The molecule has 0 bridgehead atoms. The number of amides is 1. The Morgan fingerprint density at radius 1 is 1.26 bits per heavy atom. The maximum absolute atomic E-state index is 11.9. The molecule has 0 spiro atoms. The Bertz CT molecular complexity index is 781. The Labute approximate surface area is 138 Å². The highest BCUT2D eigenvalue weighted by atomic mass is 32.1. The summed E-state index contributed by atoms with van der Waals surface area (Å²) < 4.78 is 0. The number of hydrogen-bond acceptors (Lipinski definition) is 5. The molecule has 0 aliphatic carbocycles. The zero-order chi connectivity index (χ0) is 16.1. The number of H-pyrrole nitrogens is 1. The fourth-order valence-electron chi connectivity index (χ4n) is 2.10. The normalized spacial score (nSPS) is 10.7. The molecule has 0 aliphatic heterocycles. The maximum atomic E-state index is 11.9. The van der Waals surface area contributed by atoms with E-state index in [1.165, 1.54) is 0 Å². The summed E-state index contributed by atoms with van der Waals surface area (Å²) in [5.41, 5.74) is 1.95. The molecule has 0 unspecified atom stereocenters. The van der Waals surface area contributed by atoms with Crippen molar-refractivity contribution in [1.82, 2.24) is 25.5 Å². The van der Waals surface area contributed by atoms with Crippen molar-refractivity contribution >= 4 is 17.2 Å². The van der Waals surface area contributed by atoms with E-state index in [4.69, 9.17) is 0 Å². The lowest BCUT2D eigenvalue weighted by atomic mass is 10.2. The second-order valence-corrected chi connectivity index (χ2v) is 6.07. The summed E-state index contributed by atoms with van der Waals surface area (Å²) in [6.45, 7) is 2.30. The van der Waals surface area contributed by atoms with Crippen molar-refractivity contribution in [2.24, 2.45) is 0 Å². The lowest BCUT2D eigenvalue weighted by Gasteiger charge is -2.01. The second kappa shape index (κ2) is 7.15. The first-order valence-electron chi connectivity index (χ1n) is 7.35. The molecule has 0 aliphatic rings. The first-order chi connectivity index (χ1) is 11.2. The van der Waals surface area contributed by atoms with Gasteiger partial charge in [0.25, 0.3) is 0 Å². The molecule has 0 saturated carbocycles. The Kier molecular flexibility index (Phi) is 4.77. The lowest BCUT2D eigenvalue weighted by molar-refractivity contribution is -0.121. The van der Waals surface area contributed by atoms with Gasteiger partial charge in [0.1, 0.15) is 5.82 Å². The van der Waals surface area contributed by atoms with Gasteiger partial charge in [0.05, 0.1) is 11.6 Å². The molecule has 2 aromatic heterocycles. The molecular weight excluding hydrogens is 310 g/mol. The van der Waals surface area contributed by atoms with Crippen LogP contribution in [-0.2, 0) is 17.8 Å². The van der Waals surface area contributed by atoms with Crippen molar-refractivity contribution in [3.05, 3.63) is 52.2 Å². The highest BCUT2D eigenvalue weighted by molar-refractivity contribution is 7.09. The summed E-state index contributed by atoms with van der Waals surface area (Å²) in [6.07, 6.45) is 1.09. The highest BCUT2D eigenvalue weighted by Crippen LogP contribution is 2.13. The lowest BCUT2D eigenvalue weighted by Crippen LogP contribution is -2.23. The van der Waals surface area contributed by atoms with Crippen LogP contribution in [0.5, 0.6) is 0 Å². The predicted octanol–water partition coefficient (Wildman–Crippen LogP) is 2.49. The second-order valence-electron chi connectivity index (χ2n) is 5.13.